The van der Waals surface area contributed by atoms with Gasteiger partial charge in [-0.15, -0.1) is 0 Å². The first-order valence-corrected chi connectivity index (χ1v) is 5.39. The number of aryl methyl sites for hydroxylation is 1. The van der Waals surface area contributed by atoms with Crippen molar-refractivity contribution >= 4 is 10.9 Å². The van der Waals surface area contributed by atoms with Gasteiger partial charge in [-0.05, 0) is 42.7 Å². The largest absolute Gasteiger partial charge is 0.347 e. The van der Waals surface area contributed by atoms with Crippen LogP contribution in [-0.4, -0.2) is 4.57 Å². The first-order chi connectivity index (χ1) is 6.84. The Bertz CT molecular complexity index is 463. The van der Waals surface area contributed by atoms with Gasteiger partial charge in [0.2, 0.25) is 0 Å². The van der Waals surface area contributed by atoms with E-state index in [4.69, 9.17) is 0 Å². The number of hydrogen-bond acceptors (Lipinski definition) is 0. The summed E-state index contributed by atoms with van der Waals surface area (Å²) in [5, 5.41) is 1.38. The monoisotopic (exact) mass is 185 g/mol. The van der Waals surface area contributed by atoms with Gasteiger partial charge in [0.15, 0.2) is 0 Å². The summed E-state index contributed by atoms with van der Waals surface area (Å²) < 4.78 is 2.42. The summed E-state index contributed by atoms with van der Waals surface area (Å²) in [6, 6.07) is 8.77. The van der Waals surface area contributed by atoms with Crippen molar-refractivity contribution in [2.75, 3.05) is 0 Å². The van der Waals surface area contributed by atoms with Crippen LogP contribution in [0.4, 0.5) is 0 Å². The standard InChI is InChI=1S/C13H15N/c1-10-3-2-4-12-7-8-14(13(10)12)9-11-5-6-11/h2-4,7-8,11H,5-6,9H2,1H3. The summed E-state index contributed by atoms with van der Waals surface area (Å²) in [5.41, 5.74) is 2.83. The zero-order valence-electron chi connectivity index (χ0n) is 8.53. The smallest absolute Gasteiger partial charge is 0.0510 e. The molecular weight excluding hydrogens is 170 g/mol. The molecule has 1 aliphatic rings. The predicted molar refractivity (Wildman–Crippen MR) is 59.4 cm³/mol. The van der Waals surface area contributed by atoms with Crippen LogP contribution in [0.2, 0.25) is 0 Å². The zero-order chi connectivity index (χ0) is 9.54. The molecule has 1 aliphatic carbocycles. The van der Waals surface area contributed by atoms with Crippen LogP contribution in [0.25, 0.3) is 10.9 Å². The fourth-order valence-corrected chi connectivity index (χ4v) is 2.18. The van der Waals surface area contributed by atoms with Crippen LogP contribution < -0.4 is 0 Å². The van der Waals surface area contributed by atoms with Gasteiger partial charge in [0.05, 0.1) is 5.52 Å². The van der Waals surface area contributed by atoms with Gasteiger partial charge in [-0.25, -0.2) is 0 Å². The molecule has 0 atom stereocenters. The van der Waals surface area contributed by atoms with Crippen LogP contribution in [0.1, 0.15) is 18.4 Å². The van der Waals surface area contributed by atoms with E-state index in [2.05, 4.69) is 42.0 Å². The van der Waals surface area contributed by atoms with Crippen LogP contribution in [-0.2, 0) is 6.54 Å². The summed E-state index contributed by atoms with van der Waals surface area (Å²) in [7, 11) is 0. The SMILES string of the molecule is Cc1cccc2ccn(CC3CC3)c12. The van der Waals surface area contributed by atoms with Gasteiger partial charge >= 0.3 is 0 Å². The number of nitrogens with zero attached hydrogens (tertiary/aromatic N) is 1. The Kier molecular flexibility index (Phi) is 1.66. The summed E-state index contributed by atoms with van der Waals surface area (Å²) in [4.78, 5) is 0. The molecule has 0 amide bonds. The average molecular weight is 185 g/mol. The fraction of sp³-hybridized carbons (Fsp3) is 0.385. The Labute approximate surface area is 84.4 Å². The van der Waals surface area contributed by atoms with E-state index in [1.807, 2.05) is 0 Å². The lowest BCUT2D eigenvalue weighted by Gasteiger charge is -2.05. The van der Waals surface area contributed by atoms with Gasteiger partial charge in [0.1, 0.15) is 0 Å². The third-order valence-electron chi connectivity index (χ3n) is 3.14. The molecule has 1 aromatic carbocycles. The first-order valence-electron chi connectivity index (χ1n) is 5.39. The highest BCUT2D eigenvalue weighted by Gasteiger charge is 2.22. The number of hydrogen-bond donors (Lipinski definition) is 0. The van der Waals surface area contributed by atoms with Crippen molar-refractivity contribution in [3.05, 3.63) is 36.0 Å². The van der Waals surface area contributed by atoms with E-state index in [0.29, 0.717) is 0 Å². The van der Waals surface area contributed by atoms with Crippen LogP contribution in [0.15, 0.2) is 30.5 Å². The maximum atomic E-state index is 2.42. The van der Waals surface area contributed by atoms with Crippen LogP contribution in [0.3, 0.4) is 0 Å². The maximum Gasteiger partial charge on any atom is 0.0510 e. The molecule has 0 unspecified atom stereocenters. The van der Waals surface area contributed by atoms with Gasteiger partial charge in [0, 0.05) is 12.7 Å². The van der Waals surface area contributed by atoms with Gasteiger partial charge in [-0.3, -0.25) is 0 Å². The molecule has 14 heavy (non-hydrogen) atoms. The summed E-state index contributed by atoms with van der Waals surface area (Å²) in [6.45, 7) is 3.42. The molecule has 1 aromatic heterocycles. The Morgan fingerprint density at radius 3 is 2.93 bits per heavy atom. The Balaban J connectivity index is 2.13. The van der Waals surface area contributed by atoms with Crippen molar-refractivity contribution in [2.45, 2.75) is 26.3 Å². The third-order valence-corrected chi connectivity index (χ3v) is 3.14. The van der Waals surface area contributed by atoms with Crippen LogP contribution >= 0.6 is 0 Å². The molecule has 1 nitrogen and oxygen atoms in total. The maximum absolute atomic E-state index is 2.42. The Morgan fingerprint density at radius 2 is 2.14 bits per heavy atom. The van der Waals surface area contributed by atoms with E-state index in [9.17, 15) is 0 Å². The molecule has 0 N–H and O–H groups in total. The number of rotatable bonds is 2. The van der Waals surface area contributed by atoms with E-state index in [1.165, 1.54) is 35.9 Å². The summed E-state index contributed by atoms with van der Waals surface area (Å²) in [5.74, 6) is 0.949. The van der Waals surface area contributed by atoms with E-state index in [0.717, 1.165) is 5.92 Å². The van der Waals surface area contributed by atoms with Crippen molar-refractivity contribution in [1.29, 1.82) is 0 Å². The molecule has 3 rings (SSSR count). The number of para-hydroxylation sites is 1. The lowest BCUT2D eigenvalue weighted by atomic mass is 10.2. The van der Waals surface area contributed by atoms with Crippen molar-refractivity contribution in [1.82, 2.24) is 4.57 Å². The van der Waals surface area contributed by atoms with Gasteiger partial charge < -0.3 is 4.57 Å². The highest BCUT2D eigenvalue weighted by Crippen LogP contribution is 2.32. The van der Waals surface area contributed by atoms with E-state index in [-0.39, 0.29) is 0 Å². The van der Waals surface area contributed by atoms with Crippen molar-refractivity contribution in [3.63, 3.8) is 0 Å². The van der Waals surface area contributed by atoms with Crippen molar-refractivity contribution in [2.24, 2.45) is 5.92 Å². The minimum Gasteiger partial charge on any atom is -0.347 e. The summed E-state index contributed by atoms with van der Waals surface area (Å²) >= 11 is 0. The minimum atomic E-state index is 0.949. The normalized spacial score (nSPS) is 16.4. The van der Waals surface area contributed by atoms with Gasteiger partial charge in [-0.2, -0.15) is 0 Å². The van der Waals surface area contributed by atoms with E-state index >= 15 is 0 Å². The second-order valence-electron chi connectivity index (χ2n) is 4.42. The fourth-order valence-electron chi connectivity index (χ4n) is 2.18. The van der Waals surface area contributed by atoms with Gasteiger partial charge in [-0.1, -0.05) is 18.2 Å². The van der Waals surface area contributed by atoms with Crippen molar-refractivity contribution in [3.8, 4) is 0 Å². The highest BCUT2D eigenvalue weighted by molar-refractivity contribution is 5.83. The minimum absolute atomic E-state index is 0.949. The molecule has 1 heteroatoms. The highest BCUT2D eigenvalue weighted by atomic mass is 15.0. The molecule has 0 radical (unpaired) electrons. The quantitative estimate of drug-likeness (QED) is 0.676. The molecule has 1 fully saturated rings. The van der Waals surface area contributed by atoms with Gasteiger partial charge in [0.25, 0.3) is 0 Å². The van der Waals surface area contributed by atoms with E-state index in [1.54, 1.807) is 0 Å². The molecule has 1 heterocycles. The molecule has 0 saturated heterocycles. The molecule has 0 aliphatic heterocycles. The average Bonchev–Trinajstić information content (AvgIpc) is 2.88. The Hall–Kier alpha value is -1.24. The topological polar surface area (TPSA) is 4.93 Å². The predicted octanol–water partition coefficient (Wildman–Crippen LogP) is 3.36. The number of aromatic nitrogens is 1. The zero-order valence-corrected chi connectivity index (χ0v) is 8.53. The lowest BCUT2D eigenvalue weighted by molar-refractivity contribution is 0.646. The molecule has 0 spiro atoms. The lowest BCUT2D eigenvalue weighted by Crippen LogP contribution is -1.98. The molecule has 1 saturated carbocycles. The molecule has 0 bridgehead atoms. The number of benzene rings is 1. The summed E-state index contributed by atoms with van der Waals surface area (Å²) in [6.07, 6.45) is 5.08. The Morgan fingerprint density at radius 1 is 1.29 bits per heavy atom. The van der Waals surface area contributed by atoms with Crippen LogP contribution in [0.5, 0.6) is 0 Å². The molecule has 72 valence electrons. The van der Waals surface area contributed by atoms with Crippen LogP contribution in [0, 0.1) is 12.8 Å². The second-order valence-corrected chi connectivity index (χ2v) is 4.42. The van der Waals surface area contributed by atoms with Crippen molar-refractivity contribution < 1.29 is 0 Å². The first kappa shape index (κ1) is 8.10. The second kappa shape index (κ2) is 2.88. The molecule has 2 aromatic rings. The molecular formula is C13H15N. The number of fused-ring (bicyclic) bond motifs is 1. The third kappa shape index (κ3) is 1.24. The van der Waals surface area contributed by atoms with E-state index < -0.39 is 0 Å².